The summed E-state index contributed by atoms with van der Waals surface area (Å²) in [4.78, 5) is 6.88. The van der Waals surface area contributed by atoms with Crippen LogP contribution in [0.5, 0.6) is 0 Å². The summed E-state index contributed by atoms with van der Waals surface area (Å²) in [5.41, 5.74) is 6.66. The third-order valence-corrected chi connectivity index (χ3v) is 3.58. The smallest absolute Gasteiger partial charge is 0.0950 e. The monoisotopic (exact) mass is 236 g/mol. The number of hydrogen-bond acceptors (Lipinski definition) is 4. The van der Waals surface area contributed by atoms with E-state index in [2.05, 4.69) is 20.6 Å². The van der Waals surface area contributed by atoms with E-state index in [9.17, 15) is 0 Å². The molecule has 2 unspecified atom stereocenters. The predicted molar refractivity (Wildman–Crippen MR) is 64.5 cm³/mol. The maximum Gasteiger partial charge on any atom is 0.0950 e. The van der Waals surface area contributed by atoms with Gasteiger partial charge in [0.15, 0.2) is 0 Å². The number of nitrogens with two attached hydrogens (primary N) is 1. The summed E-state index contributed by atoms with van der Waals surface area (Å²) < 4.78 is 7.89. The van der Waals surface area contributed by atoms with Gasteiger partial charge < -0.3 is 15.0 Å². The van der Waals surface area contributed by atoms with Crippen LogP contribution in [0.1, 0.15) is 18.5 Å². The molecule has 0 saturated carbocycles. The topological polar surface area (TPSA) is 56.3 Å². The van der Waals surface area contributed by atoms with Crippen molar-refractivity contribution in [1.82, 2.24) is 14.5 Å². The average molecular weight is 236 g/mol. The lowest BCUT2D eigenvalue weighted by molar-refractivity contribution is -0.0413. The predicted octanol–water partition coefficient (Wildman–Crippen LogP) is 0.205. The number of ether oxygens (including phenoxy) is 1. The highest BCUT2D eigenvalue weighted by Gasteiger charge is 2.33. The van der Waals surface area contributed by atoms with E-state index in [1.807, 2.05) is 6.33 Å². The van der Waals surface area contributed by atoms with E-state index in [1.165, 1.54) is 12.8 Å². The van der Waals surface area contributed by atoms with Crippen LogP contribution in [0, 0.1) is 0 Å². The quantitative estimate of drug-likeness (QED) is 0.811. The van der Waals surface area contributed by atoms with E-state index < -0.39 is 0 Å². The summed E-state index contributed by atoms with van der Waals surface area (Å²) in [6, 6.07) is 0. The molecule has 3 heterocycles. The number of imidazole rings is 1. The van der Waals surface area contributed by atoms with Crippen LogP contribution in [-0.2, 0) is 17.8 Å². The van der Waals surface area contributed by atoms with Gasteiger partial charge in [-0.1, -0.05) is 0 Å². The van der Waals surface area contributed by atoms with Gasteiger partial charge in [-0.25, -0.2) is 4.98 Å². The van der Waals surface area contributed by atoms with E-state index >= 15 is 0 Å². The zero-order valence-electron chi connectivity index (χ0n) is 10.1. The minimum absolute atomic E-state index is 0.458. The summed E-state index contributed by atoms with van der Waals surface area (Å²) in [6.07, 6.45) is 7.34. The number of rotatable bonds is 4. The summed E-state index contributed by atoms with van der Waals surface area (Å²) in [5, 5.41) is 0. The fourth-order valence-corrected chi connectivity index (χ4v) is 2.82. The van der Waals surface area contributed by atoms with Crippen molar-refractivity contribution in [3.8, 4) is 0 Å². The molecule has 0 aromatic carbocycles. The summed E-state index contributed by atoms with van der Waals surface area (Å²) in [6.45, 7) is 4.56. The van der Waals surface area contributed by atoms with Gasteiger partial charge in [-0.15, -0.1) is 0 Å². The van der Waals surface area contributed by atoms with Crippen molar-refractivity contribution >= 4 is 0 Å². The van der Waals surface area contributed by atoms with Gasteiger partial charge in [0.2, 0.25) is 0 Å². The molecule has 3 rings (SSSR count). The van der Waals surface area contributed by atoms with Gasteiger partial charge in [0, 0.05) is 38.9 Å². The van der Waals surface area contributed by atoms with Crippen molar-refractivity contribution in [1.29, 1.82) is 0 Å². The zero-order valence-corrected chi connectivity index (χ0v) is 10.1. The van der Waals surface area contributed by atoms with Gasteiger partial charge in [-0.2, -0.15) is 0 Å². The molecule has 2 fully saturated rings. The largest absolute Gasteiger partial charge is 0.372 e. The van der Waals surface area contributed by atoms with Crippen molar-refractivity contribution in [2.24, 2.45) is 5.73 Å². The molecule has 0 aliphatic carbocycles. The Hall–Kier alpha value is -0.910. The van der Waals surface area contributed by atoms with Crippen molar-refractivity contribution in [3.63, 3.8) is 0 Å². The maximum atomic E-state index is 5.83. The summed E-state index contributed by atoms with van der Waals surface area (Å²) >= 11 is 0. The molecule has 94 valence electrons. The molecule has 5 heteroatoms. The Labute approximate surface area is 102 Å². The Kier molecular flexibility index (Phi) is 3.13. The van der Waals surface area contributed by atoms with Gasteiger partial charge in [-0.3, -0.25) is 4.90 Å². The lowest BCUT2D eigenvalue weighted by Gasteiger charge is -2.31. The Balaban J connectivity index is 1.58. The molecule has 2 atom stereocenters. The molecule has 5 nitrogen and oxygen atoms in total. The van der Waals surface area contributed by atoms with Crippen molar-refractivity contribution in [3.05, 3.63) is 18.2 Å². The van der Waals surface area contributed by atoms with Gasteiger partial charge in [-0.05, 0) is 12.8 Å². The van der Waals surface area contributed by atoms with Gasteiger partial charge in [0.25, 0.3) is 0 Å². The van der Waals surface area contributed by atoms with E-state index in [0.717, 1.165) is 31.9 Å². The molecule has 2 aliphatic heterocycles. The van der Waals surface area contributed by atoms with Crippen LogP contribution in [0.25, 0.3) is 0 Å². The Morgan fingerprint density at radius 3 is 2.82 bits per heavy atom. The Morgan fingerprint density at radius 2 is 2.12 bits per heavy atom. The number of nitrogens with zero attached hydrogens (tertiary/aromatic N) is 3. The fourth-order valence-electron chi connectivity index (χ4n) is 2.82. The second-order valence-corrected chi connectivity index (χ2v) is 5.04. The number of fused-ring (bicyclic) bond motifs is 2. The minimum atomic E-state index is 0.458. The zero-order chi connectivity index (χ0) is 11.7. The van der Waals surface area contributed by atoms with Crippen LogP contribution < -0.4 is 5.73 Å². The second-order valence-electron chi connectivity index (χ2n) is 5.04. The average Bonchev–Trinajstić information content (AvgIpc) is 2.87. The highest BCUT2D eigenvalue weighted by Crippen LogP contribution is 2.26. The third kappa shape index (κ3) is 2.51. The van der Waals surface area contributed by atoms with Crippen molar-refractivity contribution < 1.29 is 4.74 Å². The van der Waals surface area contributed by atoms with Gasteiger partial charge in [0.1, 0.15) is 0 Å². The molecule has 0 radical (unpaired) electrons. The molecule has 0 amide bonds. The van der Waals surface area contributed by atoms with Crippen molar-refractivity contribution in [2.75, 3.05) is 19.6 Å². The van der Waals surface area contributed by atoms with E-state index in [4.69, 9.17) is 10.5 Å². The van der Waals surface area contributed by atoms with E-state index in [-0.39, 0.29) is 0 Å². The number of hydrogen-bond donors (Lipinski definition) is 1. The maximum absolute atomic E-state index is 5.83. The molecule has 1 aromatic heterocycles. The minimum Gasteiger partial charge on any atom is -0.372 e. The Bertz CT molecular complexity index is 366. The first-order valence-corrected chi connectivity index (χ1v) is 6.42. The first-order valence-electron chi connectivity index (χ1n) is 6.42. The molecular weight excluding hydrogens is 216 g/mol. The van der Waals surface area contributed by atoms with E-state index in [1.54, 1.807) is 0 Å². The SMILES string of the molecule is NCCn1cnc(CN2CC3CCC(C2)O3)c1. The lowest BCUT2D eigenvalue weighted by Crippen LogP contribution is -2.42. The van der Waals surface area contributed by atoms with Crippen LogP contribution in [0.4, 0.5) is 0 Å². The van der Waals surface area contributed by atoms with Crippen LogP contribution in [0.15, 0.2) is 12.5 Å². The third-order valence-electron chi connectivity index (χ3n) is 3.58. The molecule has 17 heavy (non-hydrogen) atoms. The Morgan fingerprint density at radius 1 is 1.35 bits per heavy atom. The standard InChI is InChI=1S/C12H20N4O/c13-3-4-15-5-10(14-9-15)6-16-7-11-1-2-12(8-16)17-11/h5,9,11-12H,1-4,6-8,13H2. The fraction of sp³-hybridized carbons (Fsp3) is 0.750. The molecule has 2 aliphatic rings. The number of aromatic nitrogens is 2. The number of likely N-dealkylation sites (tertiary alicyclic amines) is 1. The first-order chi connectivity index (χ1) is 8.33. The number of morpholine rings is 1. The van der Waals surface area contributed by atoms with Crippen LogP contribution in [0.3, 0.4) is 0 Å². The van der Waals surface area contributed by atoms with E-state index in [0.29, 0.717) is 18.8 Å². The highest BCUT2D eigenvalue weighted by atomic mass is 16.5. The molecular formula is C12H20N4O. The first kappa shape index (κ1) is 11.2. The van der Waals surface area contributed by atoms with Gasteiger partial charge in [0.05, 0.1) is 24.2 Å². The highest BCUT2D eigenvalue weighted by molar-refractivity contribution is 4.98. The van der Waals surface area contributed by atoms with Crippen LogP contribution in [-0.4, -0.2) is 46.3 Å². The lowest BCUT2D eigenvalue weighted by atomic mass is 10.2. The summed E-state index contributed by atoms with van der Waals surface area (Å²) in [7, 11) is 0. The summed E-state index contributed by atoms with van der Waals surface area (Å²) in [5.74, 6) is 0. The van der Waals surface area contributed by atoms with Crippen LogP contribution >= 0.6 is 0 Å². The van der Waals surface area contributed by atoms with Gasteiger partial charge >= 0.3 is 0 Å². The second kappa shape index (κ2) is 4.76. The van der Waals surface area contributed by atoms with Crippen LogP contribution in [0.2, 0.25) is 0 Å². The molecule has 2 bridgehead atoms. The normalized spacial score (nSPS) is 28.8. The molecule has 1 aromatic rings. The van der Waals surface area contributed by atoms with Crippen molar-refractivity contribution in [2.45, 2.75) is 38.1 Å². The molecule has 2 N–H and O–H groups in total. The molecule has 2 saturated heterocycles. The molecule has 0 spiro atoms.